The number of halogens is 1. The van der Waals surface area contributed by atoms with Gasteiger partial charge in [0.15, 0.2) is 0 Å². The van der Waals surface area contributed by atoms with Crippen LogP contribution in [0.5, 0.6) is 0 Å². The molecule has 5 atom stereocenters. The fourth-order valence-electron chi connectivity index (χ4n) is 4.55. The van der Waals surface area contributed by atoms with Crippen LogP contribution in [0.25, 0.3) is 0 Å². The van der Waals surface area contributed by atoms with Crippen molar-refractivity contribution in [2.75, 3.05) is 0 Å². The lowest BCUT2D eigenvalue weighted by Crippen LogP contribution is -2.71. The molecule has 184 valence electrons. The number of amides is 2. The third kappa shape index (κ3) is 4.15. The van der Waals surface area contributed by atoms with E-state index in [-0.39, 0.29) is 18.3 Å². The lowest BCUT2D eigenvalue weighted by Gasteiger charge is -2.44. The first-order valence-corrected chi connectivity index (χ1v) is 11.7. The number of hydrogen-bond donors (Lipinski definition) is 2. The van der Waals surface area contributed by atoms with Crippen molar-refractivity contribution in [3.05, 3.63) is 71.3 Å². The van der Waals surface area contributed by atoms with Crippen molar-refractivity contribution in [3.63, 3.8) is 0 Å². The molecule has 0 radical (unpaired) electrons. The zero-order valence-corrected chi connectivity index (χ0v) is 20.5. The van der Waals surface area contributed by atoms with Crippen LogP contribution in [-0.2, 0) is 23.9 Å². The Labute approximate surface area is 212 Å². The number of hydrogen-bond acceptors (Lipinski definition) is 8. The Hall–Kier alpha value is -3.08. The Morgan fingerprint density at radius 1 is 1.11 bits per heavy atom. The van der Waals surface area contributed by atoms with Crippen LogP contribution in [0.4, 0.5) is 0 Å². The van der Waals surface area contributed by atoms with Gasteiger partial charge in [0.05, 0.1) is 5.56 Å². The van der Waals surface area contributed by atoms with E-state index in [2.05, 4.69) is 5.32 Å². The normalized spacial score (nSPS) is 26.4. The van der Waals surface area contributed by atoms with E-state index in [0.29, 0.717) is 16.7 Å². The van der Waals surface area contributed by atoms with Crippen LogP contribution in [0.15, 0.2) is 54.6 Å². The molecule has 2 saturated heterocycles. The highest BCUT2D eigenvalue weighted by Gasteiger charge is 2.65. The Morgan fingerprint density at radius 2 is 1.77 bits per heavy atom. The smallest absolute Gasteiger partial charge is 0.342 e. The molecule has 11 heteroatoms. The van der Waals surface area contributed by atoms with E-state index in [0.717, 1.165) is 0 Å². The number of fused-ring (bicyclic) bond motifs is 2. The highest BCUT2D eigenvalue weighted by Crippen LogP contribution is 2.51. The van der Waals surface area contributed by atoms with Crippen LogP contribution < -0.4 is 11.1 Å². The van der Waals surface area contributed by atoms with Gasteiger partial charge in [0.1, 0.15) is 23.5 Å². The summed E-state index contributed by atoms with van der Waals surface area (Å²) in [5.74, 6) is -2.09. The number of cyclic esters (lactones) is 1. The Morgan fingerprint density at radius 3 is 2.49 bits per heavy atom. The molecule has 3 heterocycles. The maximum absolute atomic E-state index is 13.2. The minimum absolute atomic E-state index is 0. The number of carbonyl (C=O) groups is 4. The first-order chi connectivity index (χ1) is 16.2. The largest absolute Gasteiger partial charge is 0.419 e. The van der Waals surface area contributed by atoms with Gasteiger partial charge < -0.3 is 25.4 Å². The molecule has 3 aliphatic heterocycles. The third-order valence-corrected chi connectivity index (χ3v) is 7.85. The van der Waals surface area contributed by atoms with Crippen molar-refractivity contribution in [1.29, 1.82) is 0 Å². The zero-order valence-electron chi connectivity index (χ0n) is 18.9. The summed E-state index contributed by atoms with van der Waals surface area (Å²) in [7, 11) is 0. The van der Waals surface area contributed by atoms with Crippen molar-refractivity contribution < 1.29 is 28.7 Å². The summed E-state index contributed by atoms with van der Waals surface area (Å²) in [6.45, 7) is 3.66. The summed E-state index contributed by atoms with van der Waals surface area (Å²) < 4.78 is 10.1. The predicted octanol–water partition coefficient (Wildman–Crippen LogP) is 2.07. The summed E-state index contributed by atoms with van der Waals surface area (Å²) in [6.07, 6.45) is -1.16. The van der Waals surface area contributed by atoms with Gasteiger partial charge in [0, 0.05) is 10.3 Å². The lowest BCUT2D eigenvalue weighted by atomic mass is 9.95. The van der Waals surface area contributed by atoms with Crippen molar-refractivity contribution in [2.24, 2.45) is 5.73 Å². The molecule has 0 spiro atoms. The van der Waals surface area contributed by atoms with Crippen molar-refractivity contribution in [2.45, 2.75) is 48.4 Å². The summed E-state index contributed by atoms with van der Waals surface area (Å²) in [6, 6.07) is 12.9. The summed E-state index contributed by atoms with van der Waals surface area (Å²) in [5.41, 5.74) is 7.51. The monoisotopic (exact) mass is 517 g/mol. The fourth-order valence-corrected chi connectivity index (χ4v) is 6.17. The standard InChI is InChI=1S/C24H23N3O6S.ClH/c1-24(2)17(22(31)33-23-14-11-7-6-10-13(14)21(30)32-23)27-19(29)16(20(27)34-24)26-18(28)15(25)12-8-4-3-5-9-12;/h3-11,15-17,20,23H,25H2,1-2H3,(H,26,28);1H/t15-,16-,17+,20?,23?;/m1./s1. The van der Waals surface area contributed by atoms with Crippen LogP contribution in [-0.4, -0.2) is 50.9 Å². The fraction of sp³-hybridized carbons (Fsp3) is 0.333. The molecule has 0 bridgehead atoms. The maximum atomic E-state index is 13.2. The minimum atomic E-state index is -1.16. The van der Waals surface area contributed by atoms with Gasteiger partial charge in [-0.3, -0.25) is 9.59 Å². The molecular formula is C24H24ClN3O6S. The molecule has 2 fully saturated rings. The van der Waals surface area contributed by atoms with E-state index in [1.54, 1.807) is 48.5 Å². The number of carbonyl (C=O) groups excluding carboxylic acids is 4. The second kappa shape index (κ2) is 9.18. The third-order valence-electron chi connectivity index (χ3n) is 6.28. The van der Waals surface area contributed by atoms with E-state index in [9.17, 15) is 19.2 Å². The first kappa shape index (κ1) is 25.0. The average molecular weight is 518 g/mol. The molecule has 0 aliphatic carbocycles. The summed E-state index contributed by atoms with van der Waals surface area (Å²) in [4.78, 5) is 52.3. The van der Waals surface area contributed by atoms with E-state index in [4.69, 9.17) is 15.2 Å². The Kier molecular flexibility index (Phi) is 6.56. The van der Waals surface area contributed by atoms with Gasteiger partial charge in [0.25, 0.3) is 6.29 Å². The summed E-state index contributed by atoms with van der Waals surface area (Å²) in [5, 5.41) is 2.29. The number of esters is 2. The highest BCUT2D eigenvalue weighted by molar-refractivity contribution is 8.01. The number of nitrogens with one attached hydrogen (secondary N) is 1. The van der Waals surface area contributed by atoms with Gasteiger partial charge in [-0.15, -0.1) is 24.2 Å². The van der Waals surface area contributed by atoms with E-state index >= 15 is 0 Å². The molecule has 3 N–H and O–H groups in total. The molecule has 9 nitrogen and oxygen atoms in total. The Bertz CT molecular complexity index is 1190. The van der Waals surface area contributed by atoms with Gasteiger partial charge in [-0.25, -0.2) is 9.59 Å². The van der Waals surface area contributed by atoms with Crippen molar-refractivity contribution >= 4 is 47.9 Å². The van der Waals surface area contributed by atoms with Gasteiger partial charge >= 0.3 is 11.9 Å². The lowest BCUT2D eigenvalue weighted by molar-refractivity contribution is -0.180. The van der Waals surface area contributed by atoms with Gasteiger partial charge in [-0.05, 0) is 25.5 Å². The molecule has 5 rings (SSSR count). The molecule has 3 aliphatic rings. The second-order valence-electron chi connectivity index (χ2n) is 8.90. The van der Waals surface area contributed by atoms with Crippen LogP contribution in [0.2, 0.25) is 0 Å². The second-order valence-corrected chi connectivity index (χ2v) is 10.7. The molecule has 35 heavy (non-hydrogen) atoms. The molecule has 2 aromatic rings. The zero-order chi connectivity index (χ0) is 24.2. The molecule has 0 aromatic heterocycles. The minimum Gasteiger partial charge on any atom is -0.419 e. The number of benzene rings is 2. The number of nitrogens with two attached hydrogens (primary N) is 1. The SMILES string of the molecule is CC1(C)SC2[C@H](NC(=O)[C@H](N)c3ccccc3)C(=O)N2[C@H]1C(=O)OC1OC(=O)c2ccccc21.Cl. The molecule has 2 aromatic carbocycles. The predicted molar refractivity (Wildman–Crippen MR) is 129 cm³/mol. The highest BCUT2D eigenvalue weighted by atomic mass is 35.5. The molecule has 2 amide bonds. The summed E-state index contributed by atoms with van der Waals surface area (Å²) >= 11 is 1.40. The Balaban J connectivity index is 0.00000289. The van der Waals surface area contributed by atoms with Gasteiger partial charge in [-0.1, -0.05) is 48.5 Å². The quantitative estimate of drug-likeness (QED) is 0.455. The van der Waals surface area contributed by atoms with E-state index < -0.39 is 52.4 Å². The van der Waals surface area contributed by atoms with E-state index in [1.807, 2.05) is 19.9 Å². The average Bonchev–Trinajstić information content (AvgIpc) is 3.28. The van der Waals surface area contributed by atoms with Crippen molar-refractivity contribution in [3.8, 4) is 0 Å². The topological polar surface area (TPSA) is 128 Å². The maximum Gasteiger partial charge on any atom is 0.342 e. The first-order valence-electron chi connectivity index (χ1n) is 10.8. The number of ether oxygens (including phenoxy) is 2. The number of thioether (sulfide) groups is 1. The molecular weight excluding hydrogens is 494 g/mol. The van der Waals surface area contributed by atoms with Crippen LogP contribution in [0, 0.1) is 0 Å². The van der Waals surface area contributed by atoms with Crippen LogP contribution in [0.3, 0.4) is 0 Å². The van der Waals surface area contributed by atoms with Crippen LogP contribution >= 0.6 is 24.2 Å². The van der Waals surface area contributed by atoms with Gasteiger partial charge in [0.2, 0.25) is 11.8 Å². The van der Waals surface area contributed by atoms with E-state index in [1.165, 1.54) is 16.7 Å². The number of rotatable bonds is 5. The van der Waals surface area contributed by atoms with Gasteiger partial charge in [-0.2, -0.15) is 0 Å². The van der Waals surface area contributed by atoms with Crippen LogP contribution in [0.1, 0.15) is 47.7 Å². The number of β-lactam (4-membered cyclic amide) rings is 1. The number of nitrogens with zero attached hydrogens (tertiary/aromatic N) is 1. The van der Waals surface area contributed by atoms with Crippen molar-refractivity contribution in [1.82, 2.24) is 10.2 Å². The molecule has 0 saturated carbocycles. The molecule has 2 unspecified atom stereocenters.